The molecule has 0 saturated carbocycles. The molecule has 21 heavy (non-hydrogen) atoms. The Balaban J connectivity index is 2.01. The van der Waals surface area contributed by atoms with Crippen molar-refractivity contribution in [1.82, 2.24) is 4.98 Å². The average molecular weight is 285 g/mol. The maximum atomic E-state index is 5.96. The SMILES string of the molecule is CCCOc1cc(N)cc(N(C)CCc2ccncc2)c1. The topological polar surface area (TPSA) is 51.4 Å². The number of pyridine rings is 1. The molecule has 0 radical (unpaired) electrons. The fourth-order valence-corrected chi connectivity index (χ4v) is 2.10. The molecule has 0 saturated heterocycles. The highest BCUT2D eigenvalue weighted by Gasteiger charge is 2.05. The van der Waals surface area contributed by atoms with Crippen molar-refractivity contribution in [3.63, 3.8) is 0 Å². The largest absolute Gasteiger partial charge is 0.493 e. The van der Waals surface area contributed by atoms with E-state index in [1.165, 1.54) is 5.56 Å². The van der Waals surface area contributed by atoms with Crippen LogP contribution in [-0.4, -0.2) is 25.2 Å². The predicted molar refractivity (Wildman–Crippen MR) is 87.9 cm³/mol. The van der Waals surface area contributed by atoms with Crippen LogP contribution in [-0.2, 0) is 6.42 Å². The molecule has 0 aliphatic heterocycles. The zero-order valence-corrected chi connectivity index (χ0v) is 12.7. The second-order valence-electron chi connectivity index (χ2n) is 5.14. The summed E-state index contributed by atoms with van der Waals surface area (Å²) in [6.07, 6.45) is 5.61. The molecular formula is C17H23N3O. The van der Waals surface area contributed by atoms with Gasteiger partial charge in [0.25, 0.3) is 0 Å². The second kappa shape index (κ2) is 7.53. The Hall–Kier alpha value is -2.23. The van der Waals surface area contributed by atoms with Crippen LogP contribution < -0.4 is 15.4 Å². The van der Waals surface area contributed by atoms with Crippen molar-refractivity contribution in [2.75, 3.05) is 30.8 Å². The Morgan fingerprint density at radius 3 is 2.67 bits per heavy atom. The summed E-state index contributed by atoms with van der Waals surface area (Å²) in [4.78, 5) is 6.23. The first kappa shape index (κ1) is 15.2. The summed E-state index contributed by atoms with van der Waals surface area (Å²) in [6, 6.07) is 9.98. The number of nitrogen functional groups attached to an aromatic ring is 1. The Kier molecular flexibility index (Phi) is 5.43. The molecule has 0 atom stereocenters. The first-order chi connectivity index (χ1) is 10.2. The van der Waals surface area contributed by atoms with E-state index >= 15 is 0 Å². The number of rotatable bonds is 7. The molecule has 0 aliphatic carbocycles. The summed E-state index contributed by atoms with van der Waals surface area (Å²) in [5.41, 5.74) is 9.05. The second-order valence-corrected chi connectivity index (χ2v) is 5.14. The normalized spacial score (nSPS) is 10.4. The molecule has 0 aliphatic rings. The van der Waals surface area contributed by atoms with E-state index in [-0.39, 0.29) is 0 Å². The molecule has 2 N–H and O–H groups in total. The van der Waals surface area contributed by atoms with E-state index in [0.717, 1.165) is 36.5 Å². The Bertz CT molecular complexity index is 557. The summed E-state index contributed by atoms with van der Waals surface area (Å²) in [5, 5.41) is 0. The summed E-state index contributed by atoms with van der Waals surface area (Å²) < 4.78 is 5.67. The Labute approximate surface area is 126 Å². The fraction of sp³-hybridized carbons (Fsp3) is 0.353. The van der Waals surface area contributed by atoms with Crippen LogP contribution in [0, 0.1) is 0 Å². The minimum Gasteiger partial charge on any atom is -0.493 e. The average Bonchev–Trinajstić information content (AvgIpc) is 2.51. The van der Waals surface area contributed by atoms with Crippen LogP contribution in [0.1, 0.15) is 18.9 Å². The van der Waals surface area contributed by atoms with Crippen LogP contribution in [0.4, 0.5) is 11.4 Å². The van der Waals surface area contributed by atoms with Crippen LogP contribution in [0.15, 0.2) is 42.7 Å². The molecule has 112 valence electrons. The van der Waals surface area contributed by atoms with E-state index in [2.05, 4.69) is 23.9 Å². The highest BCUT2D eigenvalue weighted by atomic mass is 16.5. The van der Waals surface area contributed by atoms with Gasteiger partial charge in [0.15, 0.2) is 0 Å². The van der Waals surface area contributed by atoms with Gasteiger partial charge in [-0.15, -0.1) is 0 Å². The third-order valence-electron chi connectivity index (χ3n) is 3.31. The van der Waals surface area contributed by atoms with Crippen LogP contribution in [0.25, 0.3) is 0 Å². The van der Waals surface area contributed by atoms with Gasteiger partial charge < -0.3 is 15.4 Å². The third kappa shape index (κ3) is 4.67. The molecule has 0 spiro atoms. The molecule has 1 aromatic carbocycles. The summed E-state index contributed by atoms with van der Waals surface area (Å²) in [7, 11) is 2.07. The lowest BCUT2D eigenvalue weighted by molar-refractivity contribution is 0.317. The lowest BCUT2D eigenvalue weighted by Gasteiger charge is -2.20. The van der Waals surface area contributed by atoms with Gasteiger partial charge in [-0.25, -0.2) is 0 Å². The summed E-state index contributed by atoms with van der Waals surface area (Å²) in [5.74, 6) is 0.836. The molecule has 1 aromatic heterocycles. The van der Waals surface area contributed by atoms with Crippen LogP contribution in [0.2, 0.25) is 0 Å². The van der Waals surface area contributed by atoms with E-state index in [0.29, 0.717) is 6.61 Å². The number of nitrogens with two attached hydrogens (primary N) is 1. The molecule has 0 amide bonds. The smallest absolute Gasteiger partial charge is 0.123 e. The maximum absolute atomic E-state index is 5.96. The number of aromatic nitrogens is 1. The van der Waals surface area contributed by atoms with Gasteiger partial charge in [-0.1, -0.05) is 6.92 Å². The number of hydrogen-bond acceptors (Lipinski definition) is 4. The Morgan fingerprint density at radius 2 is 1.95 bits per heavy atom. The van der Waals surface area contributed by atoms with Crippen molar-refractivity contribution in [3.8, 4) is 5.75 Å². The molecule has 0 unspecified atom stereocenters. The van der Waals surface area contributed by atoms with Crippen molar-refractivity contribution in [3.05, 3.63) is 48.3 Å². The molecule has 0 bridgehead atoms. The lowest BCUT2D eigenvalue weighted by Crippen LogP contribution is -2.20. The van der Waals surface area contributed by atoms with Crippen molar-refractivity contribution < 1.29 is 4.74 Å². The van der Waals surface area contributed by atoms with Gasteiger partial charge >= 0.3 is 0 Å². The highest BCUT2D eigenvalue weighted by molar-refractivity contribution is 5.60. The summed E-state index contributed by atoms with van der Waals surface area (Å²) >= 11 is 0. The quantitative estimate of drug-likeness (QED) is 0.794. The van der Waals surface area contributed by atoms with E-state index < -0.39 is 0 Å². The summed E-state index contributed by atoms with van der Waals surface area (Å²) in [6.45, 7) is 3.72. The molecule has 0 fully saturated rings. The Morgan fingerprint density at radius 1 is 1.19 bits per heavy atom. The zero-order chi connectivity index (χ0) is 15.1. The first-order valence-corrected chi connectivity index (χ1v) is 7.32. The van der Waals surface area contributed by atoms with Gasteiger partial charge in [0.05, 0.1) is 6.61 Å². The number of benzene rings is 1. The van der Waals surface area contributed by atoms with Crippen molar-refractivity contribution in [2.24, 2.45) is 0 Å². The van der Waals surface area contributed by atoms with Crippen molar-refractivity contribution in [1.29, 1.82) is 0 Å². The van der Waals surface area contributed by atoms with E-state index in [9.17, 15) is 0 Å². The number of likely N-dealkylation sites (N-methyl/N-ethyl adjacent to an activating group) is 1. The maximum Gasteiger partial charge on any atom is 0.123 e. The van der Waals surface area contributed by atoms with Gasteiger partial charge in [-0.05, 0) is 36.6 Å². The molecule has 4 nitrogen and oxygen atoms in total. The van der Waals surface area contributed by atoms with Gasteiger partial charge in [-0.2, -0.15) is 0 Å². The molecule has 2 aromatic rings. The van der Waals surface area contributed by atoms with Crippen molar-refractivity contribution in [2.45, 2.75) is 19.8 Å². The minimum atomic E-state index is 0.712. The molecular weight excluding hydrogens is 262 g/mol. The zero-order valence-electron chi connectivity index (χ0n) is 12.7. The molecule has 2 rings (SSSR count). The van der Waals surface area contributed by atoms with Gasteiger partial charge in [-0.3, -0.25) is 4.98 Å². The monoisotopic (exact) mass is 285 g/mol. The minimum absolute atomic E-state index is 0.712. The fourth-order valence-electron chi connectivity index (χ4n) is 2.10. The van der Waals surface area contributed by atoms with Gasteiger partial charge in [0.2, 0.25) is 0 Å². The van der Waals surface area contributed by atoms with Crippen LogP contribution in [0.3, 0.4) is 0 Å². The highest BCUT2D eigenvalue weighted by Crippen LogP contribution is 2.25. The van der Waals surface area contributed by atoms with Crippen molar-refractivity contribution >= 4 is 11.4 Å². The number of anilines is 2. The standard InChI is InChI=1S/C17H23N3O/c1-3-10-21-17-12-15(18)11-16(13-17)20(2)9-6-14-4-7-19-8-5-14/h4-5,7-8,11-13H,3,6,9-10,18H2,1-2H3. The number of ether oxygens (including phenoxy) is 1. The number of hydrogen-bond donors (Lipinski definition) is 1. The lowest BCUT2D eigenvalue weighted by atomic mass is 10.2. The van der Waals surface area contributed by atoms with E-state index in [1.807, 2.05) is 42.7 Å². The molecule has 1 heterocycles. The molecule has 4 heteroatoms. The van der Waals surface area contributed by atoms with Crippen LogP contribution >= 0.6 is 0 Å². The third-order valence-corrected chi connectivity index (χ3v) is 3.31. The van der Waals surface area contributed by atoms with Crippen LogP contribution in [0.5, 0.6) is 5.75 Å². The van der Waals surface area contributed by atoms with E-state index in [4.69, 9.17) is 10.5 Å². The van der Waals surface area contributed by atoms with E-state index in [1.54, 1.807) is 0 Å². The van der Waals surface area contributed by atoms with Gasteiger partial charge in [0.1, 0.15) is 5.75 Å². The number of nitrogens with zero attached hydrogens (tertiary/aromatic N) is 2. The van der Waals surface area contributed by atoms with Gasteiger partial charge in [0, 0.05) is 49.5 Å². The predicted octanol–water partition coefficient (Wildman–Crippen LogP) is 3.13. The first-order valence-electron chi connectivity index (χ1n) is 7.32.